The summed E-state index contributed by atoms with van der Waals surface area (Å²) in [5.74, 6) is -0.251. The summed E-state index contributed by atoms with van der Waals surface area (Å²) in [7, 11) is 1.57. The van der Waals surface area contributed by atoms with Crippen LogP contribution in [0.1, 0.15) is 30.0 Å². The lowest BCUT2D eigenvalue weighted by atomic mass is 9.99. The molecule has 1 saturated heterocycles. The highest BCUT2D eigenvalue weighted by molar-refractivity contribution is 5.76. The molecule has 0 radical (unpaired) electrons. The van der Waals surface area contributed by atoms with Crippen LogP contribution in [-0.2, 0) is 16.1 Å². The molecule has 6 heteroatoms. The predicted octanol–water partition coefficient (Wildman–Crippen LogP) is 2.90. The third-order valence-electron chi connectivity index (χ3n) is 4.72. The molecule has 0 unspecified atom stereocenters. The summed E-state index contributed by atoms with van der Waals surface area (Å²) in [6.45, 7) is 1.88. The van der Waals surface area contributed by atoms with E-state index in [-0.39, 0.29) is 6.10 Å². The lowest BCUT2D eigenvalue weighted by Crippen LogP contribution is -2.42. The standard InChI is InChI=1S/C20H24N2O4/c1-25-18-7-3-2-6-17(18)19(20(23)24)22-11-8-16(9-12-22)26-14-15-5-4-10-21-13-15/h2-7,10,13,16,19H,8-9,11-12,14H2,1H3,(H,23,24)/t19-/m0/s1. The molecule has 1 atom stereocenters. The van der Waals surface area contributed by atoms with Gasteiger partial charge in [0.1, 0.15) is 11.8 Å². The van der Waals surface area contributed by atoms with Gasteiger partial charge in [-0.3, -0.25) is 14.7 Å². The van der Waals surface area contributed by atoms with Crippen LogP contribution in [0.3, 0.4) is 0 Å². The first-order valence-corrected chi connectivity index (χ1v) is 8.79. The number of carboxylic acids is 1. The fraction of sp³-hybridized carbons (Fsp3) is 0.400. The molecule has 0 bridgehead atoms. The van der Waals surface area contributed by atoms with Gasteiger partial charge in [-0.2, -0.15) is 0 Å². The van der Waals surface area contributed by atoms with Crippen molar-refractivity contribution in [3.05, 3.63) is 59.9 Å². The number of carboxylic acid groups (broad SMARTS) is 1. The molecule has 1 N–H and O–H groups in total. The zero-order chi connectivity index (χ0) is 18.4. The second-order valence-corrected chi connectivity index (χ2v) is 6.39. The number of aromatic nitrogens is 1. The fourth-order valence-electron chi connectivity index (χ4n) is 3.38. The zero-order valence-corrected chi connectivity index (χ0v) is 14.9. The Kier molecular flexibility index (Phi) is 6.20. The van der Waals surface area contributed by atoms with E-state index < -0.39 is 12.0 Å². The maximum absolute atomic E-state index is 11.9. The van der Waals surface area contributed by atoms with E-state index in [0.29, 0.717) is 31.0 Å². The van der Waals surface area contributed by atoms with Gasteiger partial charge in [-0.05, 0) is 30.5 Å². The fourth-order valence-corrected chi connectivity index (χ4v) is 3.38. The molecule has 0 spiro atoms. The van der Waals surface area contributed by atoms with Crippen molar-refractivity contribution in [2.75, 3.05) is 20.2 Å². The van der Waals surface area contributed by atoms with E-state index in [0.717, 1.165) is 18.4 Å². The Morgan fingerprint density at radius 3 is 2.69 bits per heavy atom. The van der Waals surface area contributed by atoms with Crippen LogP contribution in [0, 0.1) is 0 Å². The van der Waals surface area contributed by atoms with Gasteiger partial charge < -0.3 is 14.6 Å². The average molecular weight is 356 g/mol. The monoisotopic (exact) mass is 356 g/mol. The van der Waals surface area contributed by atoms with Crippen molar-refractivity contribution in [1.29, 1.82) is 0 Å². The van der Waals surface area contributed by atoms with E-state index in [1.54, 1.807) is 25.6 Å². The predicted molar refractivity (Wildman–Crippen MR) is 97.0 cm³/mol. The second-order valence-electron chi connectivity index (χ2n) is 6.39. The van der Waals surface area contributed by atoms with Gasteiger partial charge in [0, 0.05) is 31.0 Å². The number of ether oxygens (including phenoxy) is 2. The molecule has 6 nitrogen and oxygen atoms in total. The van der Waals surface area contributed by atoms with Crippen LogP contribution in [0.4, 0.5) is 0 Å². The number of likely N-dealkylation sites (tertiary alicyclic amines) is 1. The maximum Gasteiger partial charge on any atom is 0.325 e. The number of carbonyl (C=O) groups is 1. The van der Waals surface area contributed by atoms with Gasteiger partial charge in [-0.15, -0.1) is 0 Å². The molecule has 1 aliphatic heterocycles. The molecular formula is C20H24N2O4. The van der Waals surface area contributed by atoms with E-state index in [1.165, 1.54) is 0 Å². The van der Waals surface area contributed by atoms with Crippen molar-refractivity contribution in [2.24, 2.45) is 0 Å². The summed E-state index contributed by atoms with van der Waals surface area (Å²) in [6, 6.07) is 10.5. The third-order valence-corrected chi connectivity index (χ3v) is 4.72. The van der Waals surface area contributed by atoms with Crippen LogP contribution in [-0.4, -0.2) is 47.3 Å². The van der Waals surface area contributed by atoms with Crippen LogP contribution >= 0.6 is 0 Å². The largest absolute Gasteiger partial charge is 0.496 e. The van der Waals surface area contributed by atoms with Crippen LogP contribution in [0.15, 0.2) is 48.8 Å². The highest BCUT2D eigenvalue weighted by Crippen LogP contribution is 2.32. The Morgan fingerprint density at radius 2 is 2.04 bits per heavy atom. The van der Waals surface area contributed by atoms with Gasteiger partial charge in [0.05, 0.1) is 19.8 Å². The van der Waals surface area contributed by atoms with Crippen molar-refractivity contribution in [2.45, 2.75) is 31.6 Å². The van der Waals surface area contributed by atoms with Crippen molar-refractivity contribution < 1.29 is 19.4 Å². The second kappa shape index (κ2) is 8.78. The van der Waals surface area contributed by atoms with Crippen molar-refractivity contribution in [3.63, 3.8) is 0 Å². The summed E-state index contributed by atoms with van der Waals surface area (Å²) in [5.41, 5.74) is 1.74. The van der Waals surface area contributed by atoms with E-state index in [4.69, 9.17) is 9.47 Å². The Hall–Kier alpha value is -2.44. The summed E-state index contributed by atoms with van der Waals surface area (Å²) < 4.78 is 11.3. The third kappa shape index (κ3) is 4.39. The first kappa shape index (κ1) is 18.4. The minimum absolute atomic E-state index is 0.138. The van der Waals surface area contributed by atoms with E-state index >= 15 is 0 Å². The van der Waals surface area contributed by atoms with E-state index in [9.17, 15) is 9.90 Å². The van der Waals surface area contributed by atoms with Gasteiger partial charge >= 0.3 is 5.97 Å². The van der Waals surface area contributed by atoms with Crippen LogP contribution in [0.25, 0.3) is 0 Å². The number of benzene rings is 1. The van der Waals surface area contributed by atoms with Crippen LogP contribution in [0.2, 0.25) is 0 Å². The molecule has 26 heavy (non-hydrogen) atoms. The number of rotatable bonds is 7. The lowest BCUT2D eigenvalue weighted by molar-refractivity contribution is -0.145. The van der Waals surface area contributed by atoms with Crippen LogP contribution < -0.4 is 4.74 Å². The topological polar surface area (TPSA) is 71.9 Å². The molecule has 1 fully saturated rings. The summed E-state index contributed by atoms with van der Waals surface area (Å²) in [5, 5.41) is 9.78. The highest BCUT2D eigenvalue weighted by atomic mass is 16.5. The first-order valence-electron chi connectivity index (χ1n) is 8.79. The van der Waals surface area contributed by atoms with Gasteiger partial charge in [-0.1, -0.05) is 24.3 Å². The molecule has 2 heterocycles. The number of nitrogens with zero attached hydrogens (tertiary/aromatic N) is 2. The van der Waals surface area contributed by atoms with Crippen LogP contribution in [0.5, 0.6) is 5.75 Å². The van der Waals surface area contributed by atoms with Crippen molar-refractivity contribution >= 4 is 5.97 Å². The minimum Gasteiger partial charge on any atom is -0.496 e. The molecule has 1 aromatic carbocycles. The first-order chi connectivity index (χ1) is 12.7. The molecule has 138 valence electrons. The quantitative estimate of drug-likeness (QED) is 0.822. The van der Waals surface area contributed by atoms with Gasteiger partial charge in [0.15, 0.2) is 0 Å². The average Bonchev–Trinajstić information content (AvgIpc) is 2.68. The van der Waals surface area contributed by atoms with Gasteiger partial charge in [0.25, 0.3) is 0 Å². The number of methoxy groups -OCH3 is 1. The minimum atomic E-state index is -0.857. The maximum atomic E-state index is 11.9. The Morgan fingerprint density at radius 1 is 1.27 bits per heavy atom. The molecule has 1 aromatic heterocycles. The summed E-state index contributed by atoms with van der Waals surface area (Å²) in [6.07, 6.45) is 5.29. The normalized spacial score (nSPS) is 17.0. The molecule has 0 saturated carbocycles. The number of para-hydroxylation sites is 1. The summed E-state index contributed by atoms with van der Waals surface area (Å²) in [4.78, 5) is 18.0. The zero-order valence-electron chi connectivity index (χ0n) is 14.9. The van der Waals surface area contributed by atoms with Gasteiger partial charge in [0.2, 0.25) is 0 Å². The molecule has 2 aromatic rings. The molecule has 0 aliphatic carbocycles. The Bertz CT molecular complexity index is 715. The molecule has 1 aliphatic rings. The lowest BCUT2D eigenvalue weighted by Gasteiger charge is -2.36. The number of aliphatic carboxylic acids is 1. The number of hydrogen-bond acceptors (Lipinski definition) is 5. The van der Waals surface area contributed by atoms with E-state index in [1.807, 2.05) is 35.2 Å². The molecule has 0 amide bonds. The molecular weight excluding hydrogens is 332 g/mol. The van der Waals surface area contributed by atoms with E-state index in [2.05, 4.69) is 4.98 Å². The Balaban J connectivity index is 1.61. The van der Waals surface area contributed by atoms with Crippen molar-refractivity contribution in [1.82, 2.24) is 9.88 Å². The van der Waals surface area contributed by atoms with Gasteiger partial charge in [-0.25, -0.2) is 0 Å². The molecule has 3 rings (SSSR count). The SMILES string of the molecule is COc1ccccc1[C@@H](C(=O)O)N1CCC(OCc2cccnc2)CC1. The summed E-state index contributed by atoms with van der Waals surface area (Å²) >= 11 is 0. The number of pyridine rings is 1. The Labute approximate surface area is 153 Å². The van der Waals surface area contributed by atoms with Crippen molar-refractivity contribution in [3.8, 4) is 5.75 Å². The number of piperidine rings is 1. The highest BCUT2D eigenvalue weighted by Gasteiger charge is 2.33. The smallest absolute Gasteiger partial charge is 0.325 e. The number of hydrogen-bond donors (Lipinski definition) is 1.